The van der Waals surface area contributed by atoms with Crippen LogP contribution in [0.4, 0.5) is 13.2 Å². The van der Waals surface area contributed by atoms with Gasteiger partial charge in [-0.1, -0.05) is 32.6 Å². The maximum atomic E-state index is 13.6. The summed E-state index contributed by atoms with van der Waals surface area (Å²) >= 11 is 0. The molecule has 1 heterocycles. The number of carbonyl (C=O) groups is 3. The predicted molar refractivity (Wildman–Crippen MR) is 135 cm³/mol. The molecule has 1 aromatic carbocycles. The minimum absolute atomic E-state index is 0.0458. The van der Waals surface area contributed by atoms with Gasteiger partial charge in [-0.15, -0.1) is 0 Å². The van der Waals surface area contributed by atoms with Crippen LogP contribution in [-0.4, -0.2) is 84.4 Å². The number of amides is 2. The molecule has 2 aliphatic rings. The summed E-state index contributed by atoms with van der Waals surface area (Å²) in [5, 5.41) is 23.0. The normalized spacial score (nSPS) is 21.8. The van der Waals surface area contributed by atoms with E-state index in [9.17, 15) is 37.8 Å². The zero-order chi connectivity index (χ0) is 28.7. The number of benzene rings is 1. The van der Waals surface area contributed by atoms with Crippen molar-refractivity contribution in [3.05, 3.63) is 34.9 Å². The monoisotopic (exact) mass is 556 g/mol. The van der Waals surface area contributed by atoms with Gasteiger partial charge in [-0.25, -0.2) is 0 Å². The number of hydrogen-bond acceptors (Lipinski definition) is 7. The van der Waals surface area contributed by atoms with Crippen molar-refractivity contribution < 1.29 is 47.2 Å². The zero-order valence-corrected chi connectivity index (χ0v) is 22.0. The summed E-state index contributed by atoms with van der Waals surface area (Å²) in [5.41, 5.74) is 0.503. The minimum atomic E-state index is -4.76. The lowest BCUT2D eigenvalue weighted by Gasteiger charge is -2.41. The summed E-state index contributed by atoms with van der Waals surface area (Å²) in [6, 6.07) is 1.35. The smallest absolute Gasteiger partial charge is 0.406 e. The lowest BCUT2D eigenvalue weighted by Crippen LogP contribution is -2.57. The van der Waals surface area contributed by atoms with E-state index in [1.54, 1.807) is 0 Å². The van der Waals surface area contributed by atoms with Crippen LogP contribution in [0.15, 0.2) is 23.8 Å². The number of halogens is 3. The second-order valence-corrected chi connectivity index (χ2v) is 9.70. The first kappa shape index (κ1) is 30.4. The number of hydrogen-bond donors (Lipinski definition) is 3. The number of alkyl halides is 3. The lowest BCUT2D eigenvalue weighted by molar-refractivity contribution is -0.170. The van der Waals surface area contributed by atoms with Crippen molar-refractivity contribution in [2.45, 2.75) is 75.8 Å². The third-order valence-electron chi connectivity index (χ3n) is 6.93. The molecule has 4 atom stereocenters. The van der Waals surface area contributed by atoms with E-state index in [0.29, 0.717) is 29.6 Å². The van der Waals surface area contributed by atoms with Crippen LogP contribution in [-0.2, 0) is 9.59 Å². The number of aliphatic hydroxyl groups is 2. The fourth-order valence-electron chi connectivity index (χ4n) is 5.13. The van der Waals surface area contributed by atoms with Gasteiger partial charge in [-0.2, -0.15) is 13.2 Å². The molecule has 39 heavy (non-hydrogen) atoms. The highest BCUT2D eigenvalue weighted by atomic mass is 19.4. The standard InChI is InChI=1S/C27H35F3N2O7/c1-3-4-5-6-7-8-21(35)32(15-27(28,29)30)19-13-18(26(37)31-9-10-33)22-17-11-16(14-34)12-20(38-2)24(17)39-25(22)23(19)36/h11-14,19,22-23,25,33,36H,3-10,15H2,1-2H3,(H,31,37). The molecule has 4 unspecified atom stereocenters. The highest BCUT2D eigenvalue weighted by Crippen LogP contribution is 2.51. The molecule has 0 radical (unpaired) electrons. The van der Waals surface area contributed by atoms with Crippen molar-refractivity contribution in [1.82, 2.24) is 10.2 Å². The molecule has 1 aliphatic carbocycles. The number of ether oxygens (including phenoxy) is 2. The molecule has 3 rings (SSSR count). The maximum Gasteiger partial charge on any atom is 0.406 e. The third kappa shape index (κ3) is 7.10. The Morgan fingerprint density at radius 3 is 2.54 bits per heavy atom. The summed E-state index contributed by atoms with van der Waals surface area (Å²) in [6.45, 7) is -0.109. The van der Waals surface area contributed by atoms with E-state index in [1.807, 2.05) is 6.92 Å². The van der Waals surface area contributed by atoms with Gasteiger partial charge in [0.1, 0.15) is 25.0 Å². The number of unbranched alkanes of at least 4 members (excludes halogenated alkanes) is 4. The van der Waals surface area contributed by atoms with Crippen LogP contribution in [0.25, 0.3) is 0 Å². The molecule has 2 amide bonds. The van der Waals surface area contributed by atoms with E-state index in [-0.39, 0.29) is 42.2 Å². The van der Waals surface area contributed by atoms with Gasteiger partial charge in [0.15, 0.2) is 11.5 Å². The maximum absolute atomic E-state index is 13.6. The summed E-state index contributed by atoms with van der Waals surface area (Å²) in [6.07, 6.45) is -2.20. The quantitative estimate of drug-likeness (QED) is 0.252. The predicted octanol–water partition coefficient (Wildman–Crippen LogP) is 2.88. The van der Waals surface area contributed by atoms with E-state index in [0.717, 1.165) is 25.3 Å². The molecule has 0 spiro atoms. The van der Waals surface area contributed by atoms with Gasteiger partial charge in [0, 0.05) is 29.7 Å². The Labute approximate surface area is 225 Å². The lowest BCUT2D eigenvalue weighted by atomic mass is 9.77. The second kappa shape index (κ2) is 13.3. The van der Waals surface area contributed by atoms with Crippen LogP contribution >= 0.6 is 0 Å². The van der Waals surface area contributed by atoms with Crippen LogP contribution in [0.1, 0.15) is 67.3 Å². The highest BCUT2D eigenvalue weighted by molar-refractivity contribution is 5.96. The SMILES string of the molecule is CCCCCCCC(=O)N(CC(F)(F)F)C1C=C(C(=O)NCCO)C2c3cc(C=O)cc(OC)c3OC2C1O. The molecule has 12 heteroatoms. The average Bonchev–Trinajstić information content (AvgIpc) is 3.29. The van der Waals surface area contributed by atoms with E-state index >= 15 is 0 Å². The molecule has 0 aromatic heterocycles. The summed E-state index contributed by atoms with van der Waals surface area (Å²) in [5.74, 6) is -2.17. The molecule has 0 saturated heterocycles. The number of aldehydes is 1. The van der Waals surface area contributed by atoms with Gasteiger partial charge in [0.2, 0.25) is 11.8 Å². The molecule has 1 aliphatic heterocycles. The number of carbonyl (C=O) groups excluding carboxylic acids is 3. The first-order chi connectivity index (χ1) is 18.6. The van der Waals surface area contributed by atoms with Crippen LogP contribution < -0.4 is 14.8 Å². The van der Waals surface area contributed by atoms with Gasteiger partial charge in [0.25, 0.3) is 0 Å². The molecule has 3 N–H and O–H groups in total. The van der Waals surface area contributed by atoms with Crippen molar-refractivity contribution >= 4 is 18.1 Å². The fraction of sp³-hybridized carbons (Fsp3) is 0.593. The molecule has 0 fully saturated rings. The molecular weight excluding hydrogens is 521 g/mol. The first-order valence-corrected chi connectivity index (χ1v) is 13.0. The molecular formula is C27H35F3N2O7. The third-order valence-corrected chi connectivity index (χ3v) is 6.93. The van der Waals surface area contributed by atoms with Crippen molar-refractivity contribution in [3.8, 4) is 11.5 Å². The van der Waals surface area contributed by atoms with Gasteiger partial charge >= 0.3 is 6.18 Å². The molecule has 216 valence electrons. The topological polar surface area (TPSA) is 125 Å². The van der Waals surface area contributed by atoms with E-state index in [2.05, 4.69) is 5.32 Å². The number of fused-ring (bicyclic) bond motifs is 3. The van der Waals surface area contributed by atoms with E-state index in [1.165, 1.54) is 19.2 Å². The Kier molecular flexibility index (Phi) is 10.4. The molecule has 9 nitrogen and oxygen atoms in total. The van der Waals surface area contributed by atoms with E-state index in [4.69, 9.17) is 9.47 Å². The number of methoxy groups -OCH3 is 1. The number of aliphatic hydroxyl groups excluding tert-OH is 2. The molecule has 0 bridgehead atoms. The highest BCUT2D eigenvalue weighted by Gasteiger charge is 2.52. The molecule has 0 saturated carbocycles. The Bertz CT molecular complexity index is 1080. The van der Waals surface area contributed by atoms with Crippen molar-refractivity contribution in [3.63, 3.8) is 0 Å². The van der Waals surface area contributed by atoms with Crippen LogP contribution in [0.3, 0.4) is 0 Å². The van der Waals surface area contributed by atoms with E-state index < -0.39 is 48.7 Å². The zero-order valence-electron chi connectivity index (χ0n) is 22.0. The second-order valence-electron chi connectivity index (χ2n) is 9.70. The van der Waals surface area contributed by atoms with Crippen LogP contribution in [0.5, 0.6) is 11.5 Å². The Hall–Kier alpha value is -3.12. The Balaban J connectivity index is 2.04. The van der Waals surface area contributed by atoms with Gasteiger partial charge < -0.3 is 29.9 Å². The van der Waals surface area contributed by atoms with Crippen molar-refractivity contribution in [1.29, 1.82) is 0 Å². The van der Waals surface area contributed by atoms with Crippen molar-refractivity contribution in [2.75, 3.05) is 26.8 Å². The van der Waals surface area contributed by atoms with Crippen LogP contribution in [0, 0.1) is 0 Å². The number of nitrogens with zero attached hydrogens (tertiary/aromatic N) is 1. The average molecular weight is 557 g/mol. The van der Waals surface area contributed by atoms with Crippen molar-refractivity contribution in [2.24, 2.45) is 0 Å². The Morgan fingerprint density at radius 2 is 1.92 bits per heavy atom. The minimum Gasteiger partial charge on any atom is -0.493 e. The van der Waals surface area contributed by atoms with Crippen LogP contribution in [0.2, 0.25) is 0 Å². The van der Waals surface area contributed by atoms with Gasteiger partial charge in [-0.05, 0) is 24.6 Å². The fourth-order valence-corrected chi connectivity index (χ4v) is 5.13. The Morgan fingerprint density at radius 1 is 1.21 bits per heavy atom. The summed E-state index contributed by atoms with van der Waals surface area (Å²) in [4.78, 5) is 38.3. The molecule has 1 aromatic rings. The largest absolute Gasteiger partial charge is 0.493 e. The van der Waals surface area contributed by atoms with Gasteiger partial charge in [0.05, 0.1) is 25.7 Å². The summed E-state index contributed by atoms with van der Waals surface area (Å²) < 4.78 is 52.2. The summed E-state index contributed by atoms with van der Waals surface area (Å²) in [7, 11) is 1.34. The first-order valence-electron chi connectivity index (χ1n) is 13.0. The number of rotatable bonds is 13. The number of nitrogens with one attached hydrogen (secondary N) is 1. The van der Waals surface area contributed by atoms with Gasteiger partial charge in [-0.3, -0.25) is 14.4 Å².